The summed E-state index contributed by atoms with van der Waals surface area (Å²) in [5, 5.41) is 3.55. The second kappa shape index (κ2) is 4.72. The average molecular weight is 227 g/mol. The zero-order chi connectivity index (χ0) is 11.5. The zero-order valence-electron chi connectivity index (χ0n) is 9.82. The molecule has 0 spiro atoms. The molecule has 0 bridgehead atoms. The van der Waals surface area contributed by atoms with E-state index in [1.807, 2.05) is 6.33 Å². The molecule has 1 atom stereocenters. The van der Waals surface area contributed by atoms with Crippen molar-refractivity contribution in [3.63, 3.8) is 0 Å². The highest BCUT2D eigenvalue weighted by Crippen LogP contribution is 2.23. The van der Waals surface area contributed by atoms with Gasteiger partial charge in [0.25, 0.3) is 0 Å². The fourth-order valence-electron chi connectivity index (χ4n) is 2.49. The SMILES string of the molecule is c1ccc(CC[C@H]2NCCc3[nH]cnc32)cc1. The molecule has 0 unspecified atom stereocenters. The lowest BCUT2D eigenvalue weighted by molar-refractivity contribution is 0.464. The van der Waals surface area contributed by atoms with Gasteiger partial charge in [0.1, 0.15) is 0 Å². The van der Waals surface area contributed by atoms with Crippen LogP contribution in [0.2, 0.25) is 0 Å². The number of aryl methyl sites for hydroxylation is 1. The molecular formula is C14H17N3. The Bertz CT molecular complexity index is 475. The number of H-pyrrole nitrogens is 1. The van der Waals surface area contributed by atoms with E-state index in [0.29, 0.717) is 6.04 Å². The van der Waals surface area contributed by atoms with E-state index in [-0.39, 0.29) is 0 Å². The van der Waals surface area contributed by atoms with Crippen molar-refractivity contribution in [1.82, 2.24) is 15.3 Å². The molecule has 2 aromatic rings. The second-order valence-corrected chi connectivity index (χ2v) is 4.55. The number of imidazole rings is 1. The van der Waals surface area contributed by atoms with Gasteiger partial charge >= 0.3 is 0 Å². The van der Waals surface area contributed by atoms with Gasteiger partial charge in [-0.25, -0.2) is 4.98 Å². The van der Waals surface area contributed by atoms with Crippen LogP contribution in [-0.4, -0.2) is 16.5 Å². The summed E-state index contributed by atoms with van der Waals surface area (Å²) in [7, 11) is 0. The van der Waals surface area contributed by atoms with Gasteiger partial charge in [-0.2, -0.15) is 0 Å². The van der Waals surface area contributed by atoms with E-state index >= 15 is 0 Å². The molecule has 0 amide bonds. The van der Waals surface area contributed by atoms with Crippen molar-refractivity contribution >= 4 is 0 Å². The highest BCUT2D eigenvalue weighted by Gasteiger charge is 2.21. The molecular weight excluding hydrogens is 210 g/mol. The summed E-state index contributed by atoms with van der Waals surface area (Å²) < 4.78 is 0. The van der Waals surface area contributed by atoms with Crippen LogP contribution in [0.3, 0.4) is 0 Å². The molecule has 3 heteroatoms. The van der Waals surface area contributed by atoms with Gasteiger partial charge in [0.15, 0.2) is 0 Å². The van der Waals surface area contributed by atoms with Crippen LogP contribution >= 0.6 is 0 Å². The van der Waals surface area contributed by atoms with E-state index < -0.39 is 0 Å². The quantitative estimate of drug-likeness (QED) is 0.844. The summed E-state index contributed by atoms with van der Waals surface area (Å²) in [5.74, 6) is 0. The third-order valence-corrected chi connectivity index (χ3v) is 3.41. The van der Waals surface area contributed by atoms with Crippen LogP contribution in [0.25, 0.3) is 0 Å². The minimum absolute atomic E-state index is 0.408. The van der Waals surface area contributed by atoms with E-state index in [1.54, 1.807) is 0 Å². The van der Waals surface area contributed by atoms with Crippen molar-refractivity contribution in [2.75, 3.05) is 6.54 Å². The molecule has 0 fully saturated rings. The van der Waals surface area contributed by atoms with Gasteiger partial charge in [0, 0.05) is 18.7 Å². The molecule has 1 aliphatic heterocycles. The van der Waals surface area contributed by atoms with Crippen molar-refractivity contribution < 1.29 is 0 Å². The van der Waals surface area contributed by atoms with Crippen LogP contribution in [0, 0.1) is 0 Å². The molecule has 88 valence electrons. The monoisotopic (exact) mass is 227 g/mol. The number of fused-ring (bicyclic) bond motifs is 1. The molecule has 2 heterocycles. The number of aromatic amines is 1. The molecule has 0 aliphatic carbocycles. The molecule has 1 aromatic carbocycles. The van der Waals surface area contributed by atoms with E-state index in [0.717, 1.165) is 25.8 Å². The number of hydrogen-bond acceptors (Lipinski definition) is 2. The first kappa shape index (κ1) is 10.5. The number of benzene rings is 1. The van der Waals surface area contributed by atoms with Crippen molar-refractivity contribution in [2.24, 2.45) is 0 Å². The van der Waals surface area contributed by atoms with Crippen molar-refractivity contribution in [1.29, 1.82) is 0 Å². The third kappa shape index (κ3) is 2.24. The van der Waals surface area contributed by atoms with E-state index in [2.05, 4.69) is 45.6 Å². The summed E-state index contributed by atoms with van der Waals surface area (Å²) in [4.78, 5) is 7.67. The molecule has 17 heavy (non-hydrogen) atoms. The molecule has 1 aliphatic rings. The summed E-state index contributed by atoms with van der Waals surface area (Å²) >= 11 is 0. The van der Waals surface area contributed by atoms with Crippen LogP contribution < -0.4 is 5.32 Å². The van der Waals surface area contributed by atoms with E-state index in [9.17, 15) is 0 Å². The lowest BCUT2D eigenvalue weighted by Crippen LogP contribution is -2.30. The van der Waals surface area contributed by atoms with E-state index in [4.69, 9.17) is 0 Å². The summed E-state index contributed by atoms with van der Waals surface area (Å²) in [6, 6.07) is 11.1. The maximum Gasteiger partial charge on any atom is 0.0925 e. The fourth-order valence-corrected chi connectivity index (χ4v) is 2.49. The van der Waals surface area contributed by atoms with Gasteiger partial charge in [-0.15, -0.1) is 0 Å². The molecule has 1 aromatic heterocycles. The zero-order valence-corrected chi connectivity index (χ0v) is 9.82. The number of nitrogens with one attached hydrogen (secondary N) is 2. The van der Waals surface area contributed by atoms with Gasteiger partial charge in [-0.1, -0.05) is 30.3 Å². The van der Waals surface area contributed by atoms with Crippen LogP contribution in [0.5, 0.6) is 0 Å². The Morgan fingerprint density at radius 1 is 1.24 bits per heavy atom. The number of hydrogen-bond donors (Lipinski definition) is 2. The summed E-state index contributed by atoms with van der Waals surface area (Å²) in [6.07, 6.45) is 5.09. The van der Waals surface area contributed by atoms with Crippen LogP contribution in [0.1, 0.15) is 29.4 Å². The van der Waals surface area contributed by atoms with Gasteiger partial charge < -0.3 is 10.3 Å². The first-order valence-corrected chi connectivity index (χ1v) is 6.23. The lowest BCUT2D eigenvalue weighted by atomic mass is 9.98. The largest absolute Gasteiger partial charge is 0.348 e. The molecule has 3 nitrogen and oxygen atoms in total. The van der Waals surface area contributed by atoms with Gasteiger partial charge in [0.05, 0.1) is 18.1 Å². The summed E-state index contributed by atoms with van der Waals surface area (Å²) in [5.41, 5.74) is 3.92. The Labute approximate surface area is 101 Å². The lowest BCUT2D eigenvalue weighted by Gasteiger charge is -2.22. The fraction of sp³-hybridized carbons (Fsp3) is 0.357. The predicted octanol–water partition coefficient (Wildman–Crippen LogP) is 2.23. The Morgan fingerprint density at radius 2 is 2.12 bits per heavy atom. The van der Waals surface area contributed by atoms with Gasteiger partial charge in [0.2, 0.25) is 0 Å². The maximum absolute atomic E-state index is 4.43. The molecule has 3 rings (SSSR count). The summed E-state index contributed by atoms with van der Waals surface area (Å²) in [6.45, 7) is 1.05. The van der Waals surface area contributed by atoms with Crippen LogP contribution in [0.4, 0.5) is 0 Å². The average Bonchev–Trinajstić information content (AvgIpc) is 2.86. The Balaban J connectivity index is 1.68. The Hall–Kier alpha value is -1.61. The minimum Gasteiger partial charge on any atom is -0.348 e. The first-order valence-electron chi connectivity index (χ1n) is 6.23. The van der Waals surface area contributed by atoms with Gasteiger partial charge in [-0.05, 0) is 18.4 Å². The maximum atomic E-state index is 4.43. The standard InChI is InChI=1S/C14H17N3/c1-2-4-11(5-3-1)6-7-12-14-13(8-9-15-12)16-10-17-14/h1-5,10,12,15H,6-9H2,(H,16,17)/t12-/m1/s1. The third-order valence-electron chi connectivity index (χ3n) is 3.41. The van der Waals surface area contributed by atoms with Crippen LogP contribution in [0.15, 0.2) is 36.7 Å². The Kier molecular flexibility index (Phi) is 2.92. The smallest absolute Gasteiger partial charge is 0.0925 e. The first-order chi connectivity index (χ1) is 8.43. The minimum atomic E-state index is 0.408. The molecule has 0 radical (unpaired) electrons. The van der Waals surface area contributed by atoms with E-state index in [1.165, 1.54) is 17.0 Å². The molecule has 0 saturated carbocycles. The highest BCUT2D eigenvalue weighted by molar-refractivity contribution is 5.20. The second-order valence-electron chi connectivity index (χ2n) is 4.55. The van der Waals surface area contributed by atoms with Crippen molar-refractivity contribution in [3.05, 3.63) is 53.6 Å². The van der Waals surface area contributed by atoms with Crippen molar-refractivity contribution in [2.45, 2.75) is 25.3 Å². The molecule has 0 saturated heterocycles. The van der Waals surface area contributed by atoms with Gasteiger partial charge in [-0.3, -0.25) is 0 Å². The number of rotatable bonds is 3. The predicted molar refractivity (Wildman–Crippen MR) is 67.8 cm³/mol. The highest BCUT2D eigenvalue weighted by atomic mass is 15.0. The van der Waals surface area contributed by atoms with Crippen molar-refractivity contribution in [3.8, 4) is 0 Å². The van der Waals surface area contributed by atoms with Crippen LogP contribution in [-0.2, 0) is 12.8 Å². The number of nitrogens with zero attached hydrogens (tertiary/aromatic N) is 1. The number of aromatic nitrogens is 2. The normalized spacial score (nSPS) is 18.9. The topological polar surface area (TPSA) is 40.7 Å². The Morgan fingerprint density at radius 3 is 3.00 bits per heavy atom. The molecule has 2 N–H and O–H groups in total.